The van der Waals surface area contributed by atoms with Crippen LogP contribution in [0.2, 0.25) is 0 Å². The fraction of sp³-hybridized carbons (Fsp3) is 0.375. The Balaban J connectivity index is 2.01. The van der Waals surface area contributed by atoms with Gasteiger partial charge in [-0.15, -0.1) is 0 Å². The maximum atomic E-state index is 5.75. The monoisotopic (exact) mass is 268 g/mol. The highest BCUT2D eigenvalue weighted by atomic mass is 15.2. The smallest absolute Gasteiger partial charge is 0.151 e. The maximum absolute atomic E-state index is 5.75. The number of nitrogens with two attached hydrogens (primary N) is 1. The lowest BCUT2D eigenvalue weighted by atomic mass is 9.98. The van der Waals surface area contributed by atoms with Crippen molar-refractivity contribution < 1.29 is 0 Å². The Kier molecular flexibility index (Phi) is 3.40. The van der Waals surface area contributed by atoms with Crippen LogP contribution in [-0.4, -0.2) is 23.1 Å². The minimum atomic E-state index is 0.486. The Bertz CT molecular complexity index is 624. The Hall–Kier alpha value is -1.94. The van der Waals surface area contributed by atoms with Gasteiger partial charge in [-0.25, -0.2) is 4.98 Å². The molecule has 1 aromatic heterocycles. The highest BCUT2D eigenvalue weighted by molar-refractivity contribution is 5.68. The van der Waals surface area contributed by atoms with Crippen LogP contribution in [0.5, 0.6) is 0 Å². The van der Waals surface area contributed by atoms with Gasteiger partial charge < -0.3 is 10.6 Å². The van der Waals surface area contributed by atoms with Gasteiger partial charge in [0.05, 0.1) is 17.6 Å². The molecule has 0 saturated heterocycles. The van der Waals surface area contributed by atoms with Crippen molar-refractivity contribution >= 4 is 11.5 Å². The fourth-order valence-electron chi connectivity index (χ4n) is 2.82. The molecule has 0 spiro atoms. The van der Waals surface area contributed by atoms with Crippen LogP contribution in [0.15, 0.2) is 30.5 Å². The zero-order chi connectivity index (χ0) is 14.1. The van der Waals surface area contributed by atoms with Gasteiger partial charge in [0, 0.05) is 18.2 Å². The lowest BCUT2D eigenvalue weighted by molar-refractivity contribution is 0.666. The van der Waals surface area contributed by atoms with E-state index in [1.54, 1.807) is 0 Å². The molecule has 0 amide bonds. The molecular formula is C16H20N4. The second kappa shape index (κ2) is 5.21. The SMILES string of the molecule is Cc1ncc(N2CC(CCN)c3ccccc32)nc1C. The van der Waals surface area contributed by atoms with Gasteiger partial charge in [0.15, 0.2) is 5.82 Å². The summed E-state index contributed by atoms with van der Waals surface area (Å²) in [6, 6.07) is 8.52. The van der Waals surface area contributed by atoms with Gasteiger partial charge in [-0.2, -0.15) is 0 Å². The molecule has 0 bridgehead atoms. The third-order valence-electron chi connectivity index (χ3n) is 4.04. The maximum Gasteiger partial charge on any atom is 0.151 e. The van der Waals surface area contributed by atoms with Crippen molar-refractivity contribution in [3.05, 3.63) is 47.4 Å². The van der Waals surface area contributed by atoms with E-state index in [9.17, 15) is 0 Å². The van der Waals surface area contributed by atoms with E-state index in [1.807, 2.05) is 20.0 Å². The van der Waals surface area contributed by atoms with Crippen molar-refractivity contribution in [1.29, 1.82) is 0 Å². The van der Waals surface area contributed by atoms with Gasteiger partial charge >= 0.3 is 0 Å². The van der Waals surface area contributed by atoms with E-state index in [1.165, 1.54) is 11.3 Å². The molecule has 0 radical (unpaired) electrons. The molecule has 4 heteroatoms. The average molecular weight is 268 g/mol. The quantitative estimate of drug-likeness (QED) is 0.930. The normalized spacial score (nSPS) is 17.4. The van der Waals surface area contributed by atoms with Crippen LogP contribution in [0, 0.1) is 13.8 Å². The van der Waals surface area contributed by atoms with Gasteiger partial charge in [0.25, 0.3) is 0 Å². The molecule has 4 nitrogen and oxygen atoms in total. The summed E-state index contributed by atoms with van der Waals surface area (Å²) in [7, 11) is 0. The van der Waals surface area contributed by atoms with Crippen molar-refractivity contribution in [2.24, 2.45) is 5.73 Å². The van der Waals surface area contributed by atoms with Crippen molar-refractivity contribution in [2.45, 2.75) is 26.2 Å². The molecule has 20 heavy (non-hydrogen) atoms. The average Bonchev–Trinajstić information content (AvgIpc) is 2.82. The predicted octanol–water partition coefficient (Wildman–Crippen LogP) is 2.68. The van der Waals surface area contributed by atoms with Crippen molar-refractivity contribution in [3.8, 4) is 0 Å². The highest BCUT2D eigenvalue weighted by Gasteiger charge is 2.29. The predicted molar refractivity (Wildman–Crippen MR) is 81.4 cm³/mol. The number of hydrogen-bond acceptors (Lipinski definition) is 4. The molecule has 1 aliphatic rings. The molecule has 1 atom stereocenters. The minimum absolute atomic E-state index is 0.486. The van der Waals surface area contributed by atoms with Crippen LogP contribution in [0.1, 0.15) is 29.3 Å². The first-order chi connectivity index (χ1) is 9.70. The number of aromatic nitrogens is 2. The number of rotatable bonds is 3. The molecule has 1 unspecified atom stereocenters. The van der Waals surface area contributed by atoms with Crippen molar-refractivity contribution in [1.82, 2.24) is 9.97 Å². The molecule has 1 aliphatic heterocycles. The molecule has 3 rings (SSSR count). The van der Waals surface area contributed by atoms with Gasteiger partial charge in [0.1, 0.15) is 0 Å². The highest BCUT2D eigenvalue weighted by Crippen LogP contribution is 2.41. The Morgan fingerprint density at radius 2 is 2.05 bits per heavy atom. The fourth-order valence-corrected chi connectivity index (χ4v) is 2.82. The lowest BCUT2D eigenvalue weighted by Crippen LogP contribution is -2.19. The largest absolute Gasteiger partial charge is 0.330 e. The number of para-hydroxylation sites is 1. The van der Waals surface area contributed by atoms with E-state index in [0.29, 0.717) is 12.5 Å². The summed E-state index contributed by atoms with van der Waals surface area (Å²) >= 11 is 0. The van der Waals surface area contributed by atoms with Crippen LogP contribution in [0.25, 0.3) is 0 Å². The van der Waals surface area contributed by atoms with Crippen LogP contribution in [-0.2, 0) is 0 Å². The first-order valence-corrected chi connectivity index (χ1v) is 7.07. The van der Waals surface area contributed by atoms with Gasteiger partial charge in [-0.3, -0.25) is 4.98 Å². The zero-order valence-corrected chi connectivity index (χ0v) is 12.0. The zero-order valence-electron chi connectivity index (χ0n) is 12.0. The van der Waals surface area contributed by atoms with Crippen molar-refractivity contribution in [3.63, 3.8) is 0 Å². The molecule has 0 saturated carbocycles. The standard InChI is InChI=1S/C16H20N4/c1-11-12(2)19-16(9-18-11)20-10-13(7-8-17)14-5-3-4-6-15(14)20/h3-6,9,13H,7-8,10,17H2,1-2H3. The topological polar surface area (TPSA) is 55.0 Å². The molecular weight excluding hydrogens is 248 g/mol. The molecule has 1 aromatic carbocycles. The van der Waals surface area contributed by atoms with E-state index in [2.05, 4.69) is 39.1 Å². The number of hydrogen-bond donors (Lipinski definition) is 1. The number of fused-ring (bicyclic) bond motifs is 1. The van der Waals surface area contributed by atoms with Crippen LogP contribution >= 0.6 is 0 Å². The van der Waals surface area contributed by atoms with Crippen molar-refractivity contribution in [2.75, 3.05) is 18.0 Å². The number of nitrogens with zero attached hydrogens (tertiary/aromatic N) is 3. The summed E-state index contributed by atoms with van der Waals surface area (Å²) in [4.78, 5) is 11.4. The molecule has 2 heterocycles. The van der Waals surface area contributed by atoms with E-state index >= 15 is 0 Å². The molecule has 0 fully saturated rings. The van der Waals surface area contributed by atoms with E-state index in [4.69, 9.17) is 5.73 Å². The van der Waals surface area contributed by atoms with E-state index < -0.39 is 0 Å². The van der Waals surface area contributed by atoms with Crippen LogP contribution in [0.4, 0.5) is 11.5 Å². The van der Waals surface area contributed by atoms with Gasteiger partial charge in [-0.1, -0.05) is 18.2 Å². The Morgan fingerprint density at radius 3 is 2.80 bits per heavy atom. The van der Waals surface area contributed by atoms with Gasteiger partial charge in [0.2, 0.25) is 0 Å². The number of aryl methyl sites for hydroxylation is 2. The third-order valence-corrected chi connectivity index (χ3v) is 4.04. The van der Waals surface area contributed by atoms with Crippen LogP contribution in [0.3, 0.4) is 0 Å². The summed E-state index contributed by atoms with van der Waals surface area (Å²) in [6.07, 6.45) is 2.87. The first kappa shape index (κ1) is 13.1. The van der Waals surface area contributed by atoms with E-state index in [0.717, 1.165) is 30.2 Å². The summed E-state index contributed by atoms with van der Waals surface area (Å²) < 4.78 is 0. The summed E-state index contributed by atoms with van der Waals surface area (Å²) in [5.74, 6) is 1.42. The summed E-state index contributed by atoms with van der Waals surface area (Å²) in [5.41, 5.74) is 10.3. The molecule has 2 aromatic rings. The second-order valence-electron chi connectivity index (χ2n) is 5.34. The number of benzene rings is 1. The Morgan fingerprint density at radius 1 is 1.25 bits per heavy atom. The molecule has 104 valence electrons. The first-order valence-electron chi connectivity index (χ1n) is 7.07. The molecule has 2 N–H and O–H groups in total. The molecule has 0 aliphatic carbocycles. The lowest BCUT2D eigenvalue weighted by Gasteiger charge is -2.19. The Labute approximate surface area is 119 Å². The third kappa shape index (κ3) is 2.16. The van der Waals surface area contributed by atoms with Gasteiger partial charge in [-0.05, 0) is 38.4 Å². The summed E-state index contributed by atoms with van der Waals surface area (Å²) in [6.45, 7) is 5.64. The second-order valence-corrected chi connectivity index (χ2v) is 5.34. The summed E-state index contributed by atoms with van der Waals surface area (Å²) in [5, 5.41) is 0. The number of anilines is 2. The van der Waals surface area contributed by atoms with E-state index in [-0.39, 0.29) is 0 Å². The van der Waals surface area contributed by atoms with Crippen LogP contribution < -0.4 is 10.6 Å². The minimum Gasteiger partial charge on any atom is -0.330 e.